The van der Waals surface area contributed by atoms with Crippen LogP contribution < -0.4 is 5.56 Å². The van der Waals surface area contributed by atoms with Crippen molar-refractivity contribution in [2.45, 2.75) is 51.5 Å². The van der Waals surface area contributed by atoms with Crippen molar-refractivity contribution in [1.82, 2.24) is 15.1 Å². The number of amides is 1. The van der Waals surface area contributed by atoms with Crippen molar-refractivity contribution < 1.29 is 4.79 Å². The Hall–Kier alpha value is -1.52. The zero-order chi connectivity index (χ0) is 14.9. The molecule has 0 atom stereocenters. The van der Waals surface area contributed by atoms with Gasteiger partial charge in [-0.2, -0.15) is 0 Å². The lowest BCUT2D eigenvalue weighted by Gasteiger charge is -2.56. The Balaban J connectivity index is 1.43. The second kappa shape index (κ2) is 4.27. The van der Waals surface area contributed by atoms with Gasteiger partial charge in [-0.1, -0.05) is 0 Å². The summed E-state index contributed by atoms with van der Waals surface area (Å²) in [5.41, 5.74) is 1.61. The molecule has 118 valence electrons. The SMILES string of the molecule is O=C(N1CCc2[nH][nH]c(=O)c2C1)C12CC3CC(CC(C3)C1)C2. The van der Waals surface area contributed by atoms with E-state index in [9.17, 15) is 9.59 Å². The molecule has 1 aromatic rings. The number of hydrogen-bond acceptors (Lipinski definition) is 2. The molecule has 4 fully saturated rings. The maximum absolute atomic E-state index is 13.3. The van der Waals surface area contributed by atoms with Gasteiger partial charge in [0, 0.05) is 18.7 Å². The minimum absolute atomic E-state index is 0.0574. The molecule has 5 aliphatic rings. The van der Waals surface area contributed by atoms with Gasteiger partial charge in [0.2, 0.25) is 5.91 Å². The van der Waals surface area contributed by atoms with Crippen molar-refractivity contribution in [3.05, 3.63) is 21.6 Å². The zero-order valence-electron chi connectivity index (χ0n) is 12.9. The summed E-state index contributed by atoms with van der Waals surface area (Å²) in [6, 6.07) is 0. The first-order valence-corrected chi connectivity index (χ1v) is 8.71. The lowest BCUT2D eigenvalue weighted by Crippen LogP contribution is -2.55. The van der Waals surface area contributed by atoms with Gasteiger partial charge >= 0.3 is 0 Å². The molecule has 1 aliphatic heterocycles. The van der Waals surface area contributed by atoms with E-state index in [1.165, 1.54) is 19.3 Å². The standard InChI is InChI=1S/C17H23N3O2/c21-15-13-9-20(2-1-14(13)18-19-15)16(22)17-6-10-3-11(7-17)5-12(4-10)8-17/h10-12H,1-9H2,(H2,18,19,21). The highest BCUT2D eigenvalue weighted by molar-refractivity contribution is 5.83. The third-order valence-corrected chi connectivity index (χ3v) is 6.73. The van der Waals surface area contributed by atoms with E-state index in [2.05, 4.69) is 10.2 Å². The number of aromatic nitrogens is 2. The van der Waals surface area contributed by atoms with Gasteiger partial charge in [-0.25, -0.2) is 0 Å². The number of H-pyrrole nitrogens is 2. The van der Waals surface area contributed by atoms with E-state index < -0.39 is 0 Å². The minimum atomic E-state index is -0.0880. The van der Waals surface area contributed by atoms with E-state index in [1.54, 1.807) is 0 Å². The highest BCUT2D eigenvalue weighted by Gasteiger charge is 2.55. The van der Waals surface area contributed by atoms with Crippen LogP contribution >= 0.6 is 0 Å². The fourth-order valence-corrected chi connectivity index (χ4v) is 6.20. The summed E-state index contributed by atoms with van der Waals surface area (Å²) in [5.74, 6) is 2.70. The average Bonchev–Trinajstić information content (AvgIpc) is 2.86. The number of hydrogen-bond donors (Lipinski definition) is 2. The Labute approximate surface area is 129 Å². The highest BCUT2D eigenvalue weighted by atomic mass is 16.2. The van der Waals surface area contributed by atoms with Gasteiger partial charge in [0.15, 0.2) is 0 Å². The first kappa shape index (κ1) is 13.0. The molecule has 2 heterocycles. The Kier molecular flexibility index (Phi) is 2.52. The monoisotopic (exact) mass is 301 g/mol. The maximum atomic E-state index is 13.3. The third-order valence-electron chi connectivity index (χ3n) is 6.73. The van der Waals surface area contributed by atoms with Crippen LogP contribution in [0.15, 0.2) is 4.79 Å². The molecule has 6 rings (SSSR count). The summed E-state index contributed by atoms with van der Waals surface area (Å²) in [4.78, 5) is 27.1. The van der Waals surface area contributed by atoms with Crippen LogP contribution in [0.4, 0.5) is 0 Å². The number of nitrogens with one attached hydrogen (secondary N) is 2. The normalized spacial score (nSPS) is 39.1. The van der Waals surface area contributed by atoms with E-state index in [1.807, 2.05) is 4.90 Å². The molecule has 4 saturated carbocycles. The Morgan fingerprint density at radius 3 is 2.32 bits per heavy atom. The first-order chi connectivity index (χ1) is 10.6. The Morgan fingerprint density at radius 2 is 1.68 bits per heavy atom. The van der Waals surface area contributed by atoms with Crippen molar-refractivity contribution >= 4 is 5.91 Å². The Morgan fingerprint density at radius 1 is 1.05 bits per heavy atom. The molecule has 5 nitrogen and oxygen atoms in total. The highest BCUT2D eigenvalue weighted by Crippen LogP contribution is 2.60. The van der Waals surface area contributed by atoms with Crippen LogP contribution in [0.25, 0.3) is 0 Å². The molecule has 1 amide bonds. The summed E-state index contributed by atoms with van der Waals surface area (Å²) < 4.78 is 0. The number of rotatable bonds is 1. The summed E-state index contributed by atoms with van der Waals surface area (Å²) in [6.07, 6.45) is 8.14. The number of carbonyl (C=O) groups excluding carboxylic acids is 1. The number of aromatic amines is 2. The van der Waals surface area contributed by atoms with Crippen LogP contribution in [0.3, 0.4) is 0 Å². The van der Waals surface area contributed by atoms with Crippen molar-refractivity contribution in [1.29, 1.82) is 0 Å². The van der Waals surface area contributed by atoms with Crippen LogP contribution in [-0.2, 0) is 17.8 Å². The van der Waals surface area contributed by atoms with E-state index in [-0.39, 0.29) is 11.0 Å². The summed E-state index contributed by atoms with van der Waals surface area (Å²) in [5, 5.41) is 5.60. The van der Waals surface area contributed by atoms with Crippen molar-refractivity contribution in [3.63, 3.8) is 0 Å². The minimum Gasteiger partial charge on any atom is -0.337 e. The summed E-state index contributed by atoms with van der Waals surface area (Å²) in [6.45, 7) is 1.25. The molecule has 0 radical (unpaired) electrons. The predicted molar refractivity (Wildman–Crippen MR) is 81.1 cm³/mol. The van der Waals surface area contributed by atoms with Gasteiger partial charge in [0.25, 0.3) is 5.56 Å². The van der Waals surface area contributed by atoms with Crippen LogP contribution in [0.2, 0.25) is 0 Å². The molecule has 0 unspecified atom stereocenters. The van der Waals surface area contributed by atoms with E-state index in [0.717, 1.165) is 61.2 Å². The molecule has 22 heavy (non-hydrogen) atoms. The summed E-state index contributed by atoms with van der Waals surface area (Å²) in [7, 11) is 0. The fraction of sp³-hybridized carbons (Fsp3) is 0.765. The molecule has 0 saturated heterocycles. The smallest absolute Gasteiger partial charge is 0.269 e. The lowest BCUT2D eigenvalue weighted by atomic mass is 9.49. The quantitative estimate of drug-likeness (QED) is 0.830. The van der Waals surface area contributed by atoms with Crippen LogP contribution in [0.1, 0.15) is 49.8 Å². The van der Waals surface area contributed by atoms with Gasteiger partial charge < -0.3 is 10.00 Å². The molecule has 1 aromatic heterocycles. The van der Waals surface area contributed by atoms with Crippen molar-refractivity contribution in [2.75, 3.05) is 6.54 Å². The van der Waals surface area contributed by atoms with Gasteiger partial charge in [-0.15, -0.1) is 0 Å². The fourth-order valence-electron chi connectivity index (χ4n) is 6.20. The molecule has 0 aromatic carbocycles. The average molecular weight is 301 g/mol. The predicted octanol–water partition coefficient (Wildman–Crippen LogP) is 1.80. The molecule has 0 spiro atoms. The summed E-state index contributed by atoms with van der Waals surface area (Å²) >= 11 is 0. The largest absolute Gasteiger partial charge is 0.337 e. The van der Waals surface area contributed by atoms with E-state index in [4.69, 9.17) is 0 Å². The zero-order valence-corrected chi connectivity index (χ0v) is 12.9. The van der Waals surface area contributed by atoms with Crippen LogP contribution in [-0.4, -0.2) is 27.5 Å². The van der Waals surface area contributed by atoms with E-state index in [0.29, 0.717) is 12.5 Å². The molecular formula is C17H23N3O2. The van der Waals surface area contributed by atoms with Crippen molar-refractivity contribution in [3.8, 4) is 0 Å². The number of carbonyl (C=O) groups is 1. The number of fused-ring (bicyclic) bond motifs is 1. The van der Waals surface area contributed by atoms with Gasteiger partial charge in [-0.3, -0.25) is 14.7 Å². The van der Waals surface area contributed by atoms with Gasteiger partial charge in [0.1, 0.15) is 0 Å². The van der Waals surface area contributed by atoms with Crippen molar-refractivity contribution in [2.24, 2.45) is 23.2 Å². The second-order valence-electron chi connectivity index (χ2n) is 8.21. The molecule has 2 N–H and O–H groups in total. The molecular weight excluding hydrogens is 278 g/mol. The second-order valence-corrected chi connectivity index (χ2v) is 8.21. The maximum Gasteiger partial charge on any atom is 0.269 e. The molecule has 4 aliphatic carbocycles. The Bertz CT molecular complexity index is 651. The van der Waals surface area contributed by atoms with Crippen LogP contribution in [0.5, 0.6) is 0 Å². The topological polar surface area (TPSA) is 69.0 Å². The first-order valence-electron chi connectivity index (χ1n) is 8.71. The van der Waals surface area contributed by atoms with Crippen LogP contribution in [0, 0.1) is 23.2 Å². The number of nitrogens with zero attached hydrogens (tertiary/aromatic N) is 1. The van der Waals surface area contributed by atoms with Gasteiger partial charge in [-0.05, 0) is 56.3 Å². The third kappa shape index (κ3) is 1.71. The lowest BCUT2D eigenvalue weighted by molar-refractivity contribution is -0.158. The van der Waals surface area contributed by atoms with Gasteiger partial charge in [0.05, 0.1) is 17.5 Å². The molecule has 5 heteroatoms. The molecule has 4 bridgehead atoms. The van der Waals surface area contributed by atoms with E-state index >= 15 is 0 Å².